The number of nitrogens with one attached hydrogen (secondary N) is 1. The number of thioether (sulfide) groups is 1. The number of aromatic amines is 1. The van der Waals surface area contributed by atoms with Crippen molar-refractivity contribution < 1.29 is 14.3 Å². The average Bonchev–Trinajstić information content (AvgIpc) is 2.76. The van der Waals surface area contributed by atoms with Gasteiger partial charge in [0.05, 0.1) is 18.6 Å². The van der Waals surface area contributed by atoms with Gasteiger partial charge in [-0.05, 0) is 6.42 Å². The third kappa shape index (κ3) is 3.37. The molecule has 0 radical (unpaired) electrons. The van der Waals surface area contributed by atoms with Gasteiger partial charge in [-0.3, -0.25) is 0 Å². The highest BCUT2D eigenvalue weighted by Crippen LogP contribution is 2.22. The highest BCUT2D eigenvalue weighted by atomic mass is 32.2. The summed E-state index contributed by atoms with van der Waals surface area (Å²) in [6.45, 7) is 2.01. The lowest BCUT2D eigenvalue weighted by Crippen LogP contribution is -2.04. The van der Waals surface area contributed by atoms with E-state index in [0.29, 0.717) is 10.9 Å². The molecule has 88 valence electrons. The van der Waals surface area contributed by atoms with Crippen LogP contribution in [0.5, 0.6) is 0 Å². The fourth-order valence-electron chi connectivity index (χ4n) is 1.16. The molecule has 0 aromatic carbocycles. The van der Waals surface area contributed by atoms with Crippen molar-refractivity contribution in [2.75, 3.05) is 7.11 Å². The number of nitrogens with zero attached hydrogens (tertiary/aromatic N) is 1. The van der Waals surface area contributed by atoms with Crippen LogP contribution in [0, 0.1) is 0 Å². The van der Waals surface area contributed by atoms with Gasteiger partial charge < -0.3 is 14.5 Å². The minimum atomic E-state index is -0.461. The molecule has 5 nitrogen and oxygen atoms in total. The van der Waals surface area contributed by atoms with E-state index in [1.807, 2.05) is 6.92 Å². The van der Waals surface area contributed by atoms with Crippen molar-refractivity contribution in [3.63, 3.8) is 0 Å². The van der Waals surface area contributed by atoms with Crippen LogP contribution in [-0.2, 0) is 9.53 Å². The third-order valence-electron chi connectivity index (χ3n) is 1.95. The Labute approximate surface area is 98.0 Å². The number of aldehydes is 1. The van der Waals surface area contributed by atoms with Crippen LogP contribution in [0.3, 0.4) is 0 Å². The van der Waals surface area contributed by atoms with E-state index in [1.165, 1.54) is 25.1 Å². The largest absolute Gasteiger partial charge is 0.464 e. The Morgan fingerprint density at radius 2 is 2.50 bits per heavy atom. The first-order valence-corrected chi connectivity index (χ1v) is 5.84. The normalized spacial score (nSPS) is 12.1. The number of methoxy groups -OCH3 is 1. The van der Waals surface area contributed by atoms with Crippen LogP contribution in [0.25, 0.3) is 0 Å². The molecule has 0 aliphatic carbocycles. The third-order valence-corrected chi connectivity index (χ3v) is 3.03. The van der Waals surface area contributed by atoms with Crippen molar-refractivity contribution in [1.29, 1.82) is 0 Å². The van der Waals surface area contributed by atoms with E-state index in [4.69, 9.17) is 0 Å². The van der Waals surface area contributed by atoms with Crippen molar-refractivity contribution in [2.45, 2.75) is 30.2 Å². The van der Waals surface area contributed by atoms with E-state index in [1.54, 1.807) is 0 Å². The first-order valence-electron chi connectivity index (χ1n) is 4.96. The summed E-state index contributed by atoms with van der Waals surface area (Å²) in [6.07, 6.45) is 4.03. The van der Waals surface area contributed by atoms with E-state index >= 15 is 0 Å². The van der Waals surface area contributed by atoms with Crippen molar-refractivity contribution >= 4 is 24.0 Å². The van der Waals surface area contributed by atoms with Crippen molar-refractivity contribution in [3.05, 3.63) is 11.9 Å². The SMILES string of the molecule is CCCC(C=O)Sc1ncc(C(=O)OC)[nH]1. The van der Waals surface area contributed by atoms with E-state index in [-0.39, 0.29) is 5.25 Å². The van der Waals surface area contributed by atoms with Crippen LogP contribution < -0.4 is 0 Å². The van der Waals surface area contributed by atoms with Crippen LogP contribution >= 0.6 is 11.8 Å². The van der Waals surface area contributed by atoms with Gasteiger partial charge in [0, 0.05) is 0 Å². The molecule has 1 heterocycles. The van der Waals surface area contributed by atoms with E-state index in [0.717, 1.165) is 19.1 Å². The summed E-state index contributed by atoms with van der Waals surface area (Å²) in [4.78, 5) is 28.7. The second kappa shape index (κ2) is 6.32. The number of imidazole rings is 1. The summed E-state index contributed by atoms with van der Waals surface area (Å²) in [5.74, 6) is -0.461. The van der Waals surface area contributed by atoms with Crippen molar-refractivity contribution in [1.82, 2.24) is 9.97 Å². The topological polar surface area (TPSA) is 72.1 Å². The molecule has 1 rings (SSSR count). The maximum absolute atomic E-state index is 11.1. The van der Waals surface area contributed by atoms with Crippen LogP contribution in [0.1, 0.15) is 30.3 Å². The Balaban J connectivity index is 2.63. The smallest absolute Gasteiger partial charge is 0.356 e. The first kappa shape index (κ1) is 12.8. The van der Waals surface area contributed by atoms with Crippen LogP contribution in [-0.4, -0.2) is 34.6 Å². The quantitative estimate of drug-likeness (QED) is 0.466. The Morgan fingerprint density at radius 1 is 1.75 bits per heavy atom. The van der Waals surface area contributed by atoms with E-state index in [9.17, 15) is 9.59 Å². The van der Waals surface area contributed by atoms with Crippen molar-refractivity contribution in [2.24, 2.45) is 0 Å². The molecule has 0 spiro atoms. The van der Waals surface area contributed by atoms with Gasteiger partial charge in [0.1, 0.15) is 12.0 Å². The fraction of sp³-hybridized carbons (Fsp3) is 0.500. The number of hydrogen-bond donors (Lipinski definition) is 1. The minimum Gasteiger partial charge on any atom is -0.464 e. The second-order valence-corrected chi connectivity index (χ2v) is 4.40. The number of hydrogen-bond acceptors (Lipinski definition) is 5. The monoisotopic (exact) mass is 242 g/mol. The van der Waals surface area contributed by atoms with Crippen LogP contribution in [0.15, 0.2) is 11.4 Å². The lowest BCUT2D eigenvalue weighted by Gasteiger charge is -2.04. The first-order chi connectivity index (χ1) is 7.71. The summed E-state index contributed by atoms with van der Waals surface area (Å²) in [5.41, 5.74) is 0.297. The van der Waals surface area contributed by atoms with Gasteiger partial charge in [-0.1, -0.05) is 25.1 Å². The van der Waals surface area contributed by atoms with Gasteiger partial charge in [-0.15, -0.1) is 0 Å². The molecule has 0 aliphatic heterocycles. The van der Waals surface area contributed by atoms with E-state index < -0.39 is 5.97 Å². The van der Waals surface area contributed by atoms with Gasteiger partial charge in [-0.2, -0.15) is 0 Å². The molecule has 1 N–H and O–H groups in total. The number of carbonyl (C=O) groups excluding carboxylic acids is 2. The highest BCUT2D eigenvalue weighted by Gasteiger charge is 2.13. The summed E-state index contributed by atoms with van der Waals surface area (Å²) in [7, 11) is 1.31. The molecule has 0 fully saturated rings. The number of esters is 1. The molecule has 1 atom stereocenters. The molecule has 0 aliphatic rings. The fourth-order valence-corrected chi connectivity index (χ4v) is 2.14. The van der Waals surface area contributed by atoms with Gasteiger partial charge >= 0.3 is 5.97 Å². The minimum absolute atomic E-state index is 0.123. The summed E-state index contributed by atoms with van der Waals surface area (Å²) in [5, 5.41) is 0.438. The van der Waals surface area contributed by atoms with Gasteiger partial charge in [0.15, 0.2) is 5.16 Å². The maximum Gasteiger partial charge on any atom is 0.356 e. The van der Waals surface area contributed by atoms with E-state index in [2.05, 4.69) is 14.7 Å². The zero-order valence-corrected chi connectivity index (χ0v) is 10.0. The average molecular weight is 242 g/mol. The summed E-state index contributed by atoms with van der Waals surface area (Å²) >= 11 is 1.32. The molecule has 0 saturated heterocycles. The molecule has 16 heavy (non-hydrogen) atoms. The molecule has 0 amide bonds. The zero-order chi connectivity index (χ0) is 12.0. The van der Waals surface area contributed by atoms with Gasteiger partial charge in [0.25, 0.3) is 0 Å². The molecule has 0 saturated carbocycles. The Bertz CT molecular complexity index is 365. The number of carbonyl (C=O) groups is 2. The number of ether oxygens (including phenoxy) is 1. The summed E-state index contributed by atoms with van der Waals surface area (Å²) < 4.78 is 4.54. The molecule has 1 aromatic heterocycles. The van der Waals surface area contributed by atoms with Crippen LogP contribution in [0.2, 0.25) is 0 Å². The Hall–Kier alpha value is -1.30. The Morgan fingerprint density at radius 3 is 3.06 bits per heavy atom. The molecule has 0 bridgehead atoms. The number of H-pyrrole nitrogens is 1. The van der Waals surface area contributed by atoms with Gasteiger partial charge in [-0.25, -0.2) is 9.78 Å². The second-order valence-electron chi connectivity index (χ2n) is 3.17. The lowest BCUT2D eigenvalue weighted by atomic mass is 10.3. The van der Waals surface area contributed by atoms with Gasteiger partial charge in [0.2, 0.25) is 0 Å². The number of rotatable bonds is 6. The molecular formula is C10H14N2O3S. The highest BCUT2D eigenvalue weighted by molar-refractivity contribution is 8.00. The van der Waals surface area contributed by atoms with Crippen molar-refractivity contribution in [3.8, 4) is 0 Å². The molecule has 6 heteroatoms. The summed E-state index contributed by atoms with van der Waals surface area (Å²) in [6, 6.07) is 0. The predicted octanol–water partition coefficient (Wildman–Crippen LogP) is 1.66. The molecule has 1 unspecified atom stereocenters. The zero-order valence-electron chi connectivity index (χ0n) is 9.23. The van der Waals surface area contributed by atoms with Crippen LogP contribution in [0.4, 0.5) is 0 Å². The molecular weight excluding hydrogens is 228 g/mol. The number of aromatic nitrogens is 2. The predicted molar refractivity (Wildman–Crippen MR) is 60.5 cm³/mol. The standard InChI is InChI=1S/C10H14N2O3S/c1-3-4-7(6-13)16-10-11-5-8(12-10)9(14)15-2/h5-7H,3-4H2,1-2H3,(H,11,12). The lowest BCUT2D eigenvalue weighted by molar-refractivity contribution is -0.107. The Kier molecular flexibility index (Phi) is 5.04. The maximum atomic E-state index is 11.1. The molecule has 1 aromatic rings.